The molecule has 0 saturated heterocycles. The molecule has 1 aromatic heterocycles. The van der Waals surface area contributed by atoms with Gasteiger partial charge in [-0.05, 0) is 37.8 Å². The van der Waals surface area contributed by atoms with Crippen LogP contribution in [0.2, 0.25) is 0 Å². The highest BCUT2D eigenvalue weighted by atomic mass is 16.5. The SMILES string of the molecule is CCn1cc(C(=O)Nc2ccc(C)c(OCCC(C)C)c2)nn1. The molecule has 0 aliphatic rings. The van der Waals surface area contributed by atoms with E-state index in [1.54, 1.807) is 10.9 Å². The van der Waals surface area contributed by atoms with Crippen molar-refractivity contribution in [3.63, 3.8) is 0 Å². The van der Waals surface area contributed by atoms with Crippen LogP contribution in [0, 0.1) is 12.8 Å². The number of aryl methyl sites for hydroxylation is 2. The van der Waals surface area contributed by atoms with Gasteiger partial charge in [0.15, 0.2) is 5.69 Å². The first-order valence-corrected chi connectivity index (χ1v) is 7.94. The van der Waals surface area contributed by atoms with E-state index in [-0.39, 0.29) is 5.91 Å². The third-order valence-corrected chi connectivity index (χ3v) is 3.49. The van der Waals surface area contributed by atoms with Gasteiger partial charge in [-0.25, -0.2) is 0 Å². The van der Waals surface area contributed by atoms with Crippen molar-refractivity contribution < 1.29 is 9.53 Å². The Morgan fingerprint density at radius 3 is 2.83 bits per heavy atom. The van der Waals surface area contributed by atoms with Crippen molar-refractivity contribution in [2.45, 2.75) is 40.7 Å². The Kier molecular flexibility index (Phi) is 5.73. The molecule has 23 heavy (non-hydrogen) atoms. The summed E-state index contributed by atoms with van der Waals surface area (Å²) >= 11 is 0. The van der Waals surface area contributed by atoms with Crippen LogP contribution in [0.5, 0.6) is 5.75 Å². The molecule has 0 fully saturated rings. The van der Waals surface area contributed by atoms with Crippen molar-refractivity contribution in [2.75, 3.05) is 11.9 Å². The van der Waals surface area contributed by atoms with Gasteiger partial charge >= 0.3 is 0 Å². The zero-order valence-corrected chi connectivity index (χ0v) is 14.2. The maximum Gasteiger partial charge on any atom is 0.277 e. The van der Waals surface area contributed by atoms with Crippen LogP contribution in [-0.4, -0.2) is 27.5 Å². The second-order valence-corrected chi connectivity index (χ2v) is 5.92. The molecule has 0 aliphatic carbocycles. The molecule has 0 atom stereocenters. The van der Waals surface area contributed by atoms with Gasteiger partial charge in [-0.2, -0.15) is 0 Å². The van der Waals surface area contributed by atoms with E-state index in [1.165, 1.54) is 0 Å². The Hall–Kier alpha value is -2.37. The lowest BCUT2D eigenvalue weighted by atomic mass is 10.1. The lowest BCUT2D eigenvalue weighted by molar-refractivity contribution is 0.102. The number of ether oxygens (including phenoxy) is 1. The minimum Gasteiger partial charge on any atom is -0.493 e. The van der Waals surface area contributed by atoms with E-state index in [2.05, 4.69) is 29.5 Å². The van der Waals surface area contributed by atoms with E-state index in [9.17, 15) is 4.79 Å². The average Bonchev–Trinajstić information content (AvgIpc) is 2.99. The average molecular weight is 316 g/mol. The third kappa shape index (κ3) is 4.81. The summed E-state index contributed by atoms with van der Waals surface area (Å²) in [5, 5.41) is 10.6. The first kappa shape index (κ1) is 17.0. The zero-order chi connectivity index (χ0) is 16.8. The molecule has 6 nitrogen and oxygen atoms in total. The van der Waals surface area contributed by atoms with E-state index in [1.807, 2.05) is 32.0 Å². The Balaban J connectivity index is 2.03. The van der Waals surface area contributed by atoms with Crippen molar-refractivity contribution in [1.82, 2.24) is 15.0 Å². The molecule has 0 aliphatic heterocycles. The summed E-state index contributed by atoms with van der Waals surface area (Å²) in [4.78, 5) is 12.2. The monoisotopic (exact) mass is 316 g/mol. The molecule has 6 heteroatoms. The quantitative estimate of drug-likeness (QED) is 0.851. The molecule has 1 heterocycles. The van der Waals surface area contributed by atoms with Crippen molar-refractivity contribution >= 4 is 11.6 Å². The van der Waals surface area contributed by atoms with Gasteiger partial charge in [0.1, 0.15) is 5.75 Å². The van der Waals surface area contributed by atoms with Gasteiger partial charge in [-0.1, -0.05) is 25.1 Å². The highest BCUT2D eigenvalue weighted by molar-refractivity contribution is 6.02. The van der Waals surface area contributed by atoms with Gasteiger partial charge in [-0.15, -0.1) is 5.10 Å². The molecule has 0 radical (unpaired) electrons. The molecule has 2 aromatic rings. The van der Waals surface area contributed by atoms with Crippen LogP contribution < -0.4 is 10.1 Å². The van der Waals surface area contributed by atoms with Crippen LogP contribution in [-0.2, 0) is 6.54 Å². The Labute approximate surface area is 136 Å². The van der Waals surface area contributed by atoms with Gasteiger partial charge in [0, 0.05) is 18.3 Å². The zero-order valence-electron chi connectivity index (χ0n) is 14.2. The fourth-order valence-corrected chi connectivity index (χ4v) is 1.99. The van der Waals surface area contributed by atoms with Crippen molar-refractivity contribution in [2.24, 2.45) is 5.92 Å². The standard InChI is InChI=1S/C17H24N4O2/c1-5-21-11-15(19-20-21)17(22)18-14-7-6-13(4)16(10-14)23-9-8-12(2)3/h6-7,10-12H,5,8-9H2,1-4H3,(H,18,22). The second kappa shape index (κ2) is 7.76. The summed E-state index contributed by atoms with van der Waals surface area (Å²) in [6.07, 6.45) is 2.62. The highest BCUT2D eigenvalue weighted by Gasteiger charge is 2.11. The predicted octanol–water partition coefficient (Wildman–Crippen LogP) is 3.28. The fraction of sp³-hybridized carbons (Fsp3) is 0.471. The first-order valence-electron chi connectivity index (χ1n) is 7.94. The normalized spacial score (nSPS) is 10.8. The molecule has 0 saturated carbocycles. The smallest absolute Gasteiger partial charge is 0.277 e. The summed E-state index contributed by atoms with van der Waals surface area (Å²) in [5.74, 6) is 1.11. The number of nitrogens with one attached hydrogen (secondary N) is 1. The van der Waals surface area contributed by atoms with E-state index < -0.39 is 0 Å². The highest BCUT2D eigenvalue weighted by Crippen LogP contribution is 2.23. The molecular weight excluding hydrogens is 292 g/mol. The largest absolute Gasteiger partial charge is 0.493 e. The summed E-state index contributed by atoms with van der Waals surface area (Å²) in [6, 6.07) is 5.63. The van der Waals surface area contributed by atoms with E-state index in [4.69, 9.17) is 4.74 Å². The van der Waals surface area contributed by atoms with Gasteiger partial charge in [0.25, 0.3) is 5.91 Å². The first-order chi connectivity index (χ1) is 11.0. The number of aromatic nitrogens is 3. The molecule has 0 bridgehead atoms. The molecule has 1 N–H and O–H groups in total. The van der Waals surface area contributed by atoms with Crippen molar-refractivity contribution in [3.8, 4) is 5.75 Å². The van der Waals surface area contributed by atoms with E-state index in [0.717, 1.165) is 17.7 Å². The Morgan fingerprint density at radius 1 is 1.39 bits per heavy atom. The van der Waals surface area contributed by atoms with E-state index >= 15 is 0 Å². The number of amides is 1. The number of hydrogen-bond acceptors (Lipinski definition) is 4. The van der Waals surface area contributed by atoms with Gasteiger partial charge in [0.2, 0.25) is 0 Å². The molecule has 1 amide bonds. The Bertz CT molecular complexity index is 664. The molecule has 0 spiro atoms. The number of hydrogen-bond donors (Lipinski definition) is 1. The number of carbonyl (C=O) groups is 1. The van der Waals surface area contributed by atoms with Crippen LogP contribution in [0.15, 0.2) is 24.4 Å². The van der Waals surface area contributed by atoms with Crippen LogP contribution in [0.1, 0.15) is 43.2 Å². The van der Waals surface area contributed by atoms with Crippen molar-refractivity contribution in [1.29, 1.82) is 0 Å². The number of anilines is 1. The van der Waals surface area contributed by atoms with Gasteiger partial charge < -0.3 is 10.1 Å². The van der Waals surface area contributed by atoms with Gasteiger partial charge in [-0.3, -0.25) is 9.48 Å². The third-order valence-electron chi connectivity index (χ3n) is 3.49. The molecule has 124 valence electrons. The molecule has 2 rings (SSSR count). The van der Waals surface area contributed by atoms with E-state index in [0.29, 0.717) is 30.5 Å². The molecular formula is C17H24N4O2. The van der Waals surface area contributed by atoms with Crippen LogP contribution >= 0.6 is 0 Å². The fourth-order valence-electron chi connectivity index (χ4n) is 1.99. The number of nitrogens with zero attached hydrogens (tertiary/aromatic N) is 3. The lowest BCUT2D eigenvalue weighted by Gasteiger charge is -2.12. The second-order valence-electron chi connectivity index (χ2n) is 5.92. The number of carbonyl (C=O) groups excluding carboxylic acids is 1. The van der Waals surface area contributed by atoms with Gasteiger partial charge in [0.05, 0.1) is 12.8 Å². The Morgan fingerprint density at radius 2 is 2.17 bits per heavy atom. The maximum absolute atomic E-state index is 12.2. The topological polar surface area (TPSA) is 69.0 Å². The summed E-state index contributed by atoms with van der Waals surface area (Å²) in [7, 11) is 0. The minimum atomic E-state index is -0.276. The molecule has 1 aromatic carbocycles. The summed E-state index contributed by atoms with van der Waals surface area (Å²) in [5.41, 5.74) is 2.03. The van der Waals surface area contributed by atoms with Crippen LogP contribution in [0.3, 0.4) is 0 Å². The maximum atomic E-state index is 12.2. The number of rotatable bonds is 7. The predicted molar refractivity (Wildman–Crippen MR) is 89.8 cm³/mol. The minimum absolute atomic E-state index is 0.276. The number of benzene rings is 1. The van der Waals surface area contributed by atoms with Crippen LogP contribution in [0.25, 0.3) is 0 Å². The summed E-state index contributed by atoms with van der Waals surface area (Å²) in [6.45, 7) is 9.60. The summed E-state index contributed by atoms with van der Waals surface area (Å²) < 4.78 is 7.43. The van der Waals surface area contributed by atoms with Crippen LogP contribution in [0.4, 0.5) is 5.69 Å². The van der Waals surface area contributed by atoms with Crippen molar-refractivity contribution in [3.05, 3.63) is 35.7 Å². The molecule has 0 unspecified atom stereocenters. The lowest BCUT2D eigenvalue weighted by Crippen LogP contribution is -2.12.